The zero-order chi connectivity index (χ0) is 16.7. The van der Waals surface area contributed by atoms with Gasteiger partial charge in [0.25, 0.3) is 5.91 Å². The number of amides is 2. The number of hydrogen-bond acceptors (Lipinski definition) is 4. The molecule has 1 aromatic heterocycles. The van der Waals surface area contributed by atoms with Crippen molar-refractivity contribution in [1.82, 2.24) is 10.2 Å². The molecule has 1 atom stereocenters. The van der Waals surface area contributed by atoms with Gasteiger partial charge in [0, 0.05) is 29.9 Å². The molecule has 3 aliphatic rings. The molecular weight excluding hydrogens is 322 g/mol. The molecule has 0 spiro atoms. The number of thiophene rings is 1. The summed E-state index contributed by atoms with van der Waals surface area (Å²) in [6, 6.07) is 7.95. The number of carbonyl (C=O) groups excluding carboxylic acids is 2. The minimum absolute atomic E-state index is 0.0241. The van der Waals surface area contributed by atoms with Crippen LogP contribution in [-0.2, 0) is 4.79 Å². The molecule has 2 amide bonds. The van der Waals surface area contributed by atoms with Gasteiger partial charge in [-0.3, -0.25) is 9.59 Å². The van der Waals surface area contributed by atoms with Crippen LogP contribution in [-0.4, -0.2) is 42.4 Å². The number of hydrogen-bond donors (Lipinski definition) is 2. The van der Waals surface area contributed by atoms with Crippen molar-refractivity contribution in [2.24, 2.45) is 5.92 Å². The molecule has 0 saturated carbocycles. The van der Waals surface area contributed by atoms with Crippen LogP contribution < -0.4 is 10.6 Å². The first-order valence-electron chi connectivity index (χ1n) is 8.43. The van der Waals surface area contributed by atoms with Crippen LogP contribution in [0.5, 0.6) is 0 Å². The standard InChI is InChI=1S/C18H21N3O2S/c1-11(22)19-14-3-2-13-8-17(24-16(13)9-14)18(23)20-15-10-21-6-4-12(15)5-7-21/h2-3,8-9,12,15H,4-7,10H2,1H3,(H,19,22)(H,20,23)/t15-/m0/s1. The predicted molar refractivity (Wildman–Crippen MR) is 96.5 cm³/mol. The first-order chi connectivity index (χ1) is 11.6. The van der Waals surface area contributed by atoms with Gasteiger partial charge < -0.3 is 15.5 Å². The third-order valence-corrected chi connectivity index (χ3v) is 6.13. The van der Waals surface area contributed by atoms with E-state index in [4.69, 9.17) is 0 Å². The molecule has 5 nitrogen and oxygen atoms in total. The van der Waals surface area contributed by atoms with Crippen molar-refractivity contribution >= 4 is 38.9 Å². The van der Waals surface area contributed by atoms with Crippen molar-refractivity contribution in [2.45, 2.75) is 25.8 Å². The summed E-state index contributed by atoms with van der Waals surface area (Å²) in [5.41, 5.74) is 0.765. The van der Waals surface area contributed by atoms with Gasteiger partial charge in [0.15, 0.2) is 0 Å². The summed E-state index contributed by atoms with van der Waals surface area (Å²) in [5.74, 6) is 0.557. The van der Waals surface area contributed by atoms with Gasteiger partial charge in [-0.2, -0.15) is 0 Å². The Kier molecular flexibility index (Phi) is 4.02. The van der Waals surface area contributed by atoms with Crippen molar-refractivity contribution in [3.05, 3.63) is 29.1 Å². The van der Waals surface area contributed by atoms with Crippen molar-refractivity contribution in [3.8, 4) is 0 Å². The van der Waals surface area contributed by atoms with Crippen LogP contribution in [0.4, 0.5) is 5.69 Å². The van der Waals surface area contributed by atoms with Gasteiger partial charge in [-0.15, -0.1) is 11.3 Å². The molecule has 24 heavy (non-hydrogen) atoms. The van der Waals surface area contributed by atoms with Gasteiger partial charge in [0.2, 0.25) is 5.91 Å². The summed E-state index contributed by atoms with van der Waals surface area (Å²) in [6.45, 7) is 4.82. The summed E-state index contributed by atoms with van der Waals surface area (Å²) in [5, 5.41) is 7.05. The van der Waals surface area contributed by atoms with Crippen molar-refractivity contribution in [2.75, 3.05) is 25.0 Å². The maximum Gasteiger partial charge on any atom is 0.261 e. The Hall–Kier alpha value is -1.92. The molecule has 3 fully saturated rings. The van der Waals surface area contributed by atoms with Crippen LogP contribution >= 0.6 is 11.3 Å². The average molecular weight is 343 g/mol. The highest BCUT2D eigenvalue weighted by atomic mass is 32.1. The number of rotatable bonds is 3. The first kappa shape index (κ1) is 15.6. The van der Waals surface area contributed by atoms with Crippen molar-refractivity contribution in [1.29, 1.82) is 0 Å². The molecule has 2 aromatic rings. The van der Waals surface area contributed by atoms with Crippen LogP contribution in [0.25, 0.3) is 10.1 Å². The zero-order valence-corrected chi connectivity index (χ0v) is 14.5. The van der Waals surface area contributed by atoms with Gasteiger partial charge in [-0.1, -0.05) is 6.07 Å². The van der Waals surface area contributed by atoms with E-state index in [1.165, 1.54) is 44.2 Å². The lowest BCUT2D eigenvalue weighted by Gasteiger charge is -2.44. The first-order valence-corrected chi connectivity index (χ1v) is 9.24. The Morgan fingerprint density at radius 2 is 2.00 bits per heavy atom. The SMILES string of the molecule is CC(=O)Nc1ccc2cc(C(=O)N[C@H]3CN4CCC3CC4)sc2c1. The van der Waals surface area contributed by atoms with E-state index in [1.54, 1.807) is 0 Å². The fraction of sp³-hybridized carbons (Fsp3) is 0.444. The Morgan fingerprint density at radius 3 is 2.67 bits per heavy atom. The highest BCUT2D eigenvalue weighted by Gasteiger charge is 2.35. The number of benzene rings is 1. The second kappa shape index (κ2) is 6.18. The van der Waals surface area contributed by atoms with E-state index in [-0.39, 0.29) is 17.9 Å². The van der Waals surface area contributed by atoms with Gasteiger partial charge in [-0.05, 0) is 55.4 Å². The molecule has 3 aliphatic heterocycles. The summed E-state index contributed by atoms with van der Waals surface area (Å²) in [7, 11) is 0. The number of piperidine rings is 3. The minimum atomic E-state index is -0.0915. The molecule has 1 aromatic carbocycles. The second-order valence-corrected chi connectivity index (χ2v) is 7.85. The van der Waals surface area contributed by atoms with E-state index in [1.807, 2.05) is 24.3 Å². The Labute approximate surface area is 145 Å². The van der Waals surface area contributed by atoms with Gasteiger partial charge >= 0.3 is 0 Å². The Morgan fingerprint density at radius 1 is 1.21 bits per heavy atom. The van der Waals surface area contributed by atoms with Crippen LogP contribution in [0, 0.1) is 5.92 Å². The minimum Gasteiger partial charge on any atom is -0.347 e. The molecule has 2 N–H and O–H groups in total. The predicted octanol–water partition coefficient (Wildman–Crippen LogP) is 2.68. The molecule has 3 saturated heterocycles. The topological polar surface area (TPSA) is 61.4 Å². The summed E-state index contributed by atoms with van der Waals surface area (Å²) in [6.07, 6.45) is 2.38. The normalized spacial score (nSPS) is 25.6. The zero-order valence-electron chi connectivity index (χ0n) is 13.7. The monoisotopic (exact) mass is 343 g/mol. The van der Waals surface area contributed by atoms with Gasteiger partial charge in [0.1, 0.15) is 0 Å². The lowest BCUT2D eigenvalue weighted by Crippen LogP contribution is -2.57. The second-order valence-electron chi connectivity index (χ2n) is 6.76. The Bertz CT molecular complexity index is 793. The summed E-state index contributed by atoms with van der Waals surface area (Å²) < 4.78 is 1.01. The van der Waals surface area contributed by atoms with Crippen LogP contribution in [0.15, 0.2) is 24.3 Å². The maximum atomic E-state index is 12.6. The number of nitrogens with one attached hydrogen (secondary N) is 2. The molecule has 126 valence electrons. The highest BCUT2D eigenvalue weighted by Crippen LogP contribution is 2.30. The molecular formula is C18H21N3O2S. The number of fused-ring (bicyclic) bond motifs is 4. The maximum absolute atomic E-state index is 12.6. The van der Waals surface area contributed by atoms with Crippen LogP contribution in [0.1, 0.15) is 29.4 Å². The van der Waals surface area contributed by atoms with Crippen LogP contribution in [0.2, 0.25) is 0 Å². The van der Waals surface area contributed by atoms with E-state index in [0.29, 0.717) is 5.92 Å². The number of nitrogens with zero attached hydrogens (tertiary/aromatic N) is 1. The lowest BCUT2D eigenvalue weighted by molar-refractivity contribution is -0.114. The summed E-state index contributed by atoms with van der Waals surface area (Å²) >= 11 is 1.48. The molecule has 4 heterocycles. The number of anilines is 1. The molecule has 6 heteroatoms. The molecule has 2 bridgehead atoms. The largest absolute Gasteiger partial charge is 0.347 e. The van der Waals surface area contributed by atoms with Gasteiger partial charge in [0.05, 0.1) is 4.88 Å². The van der Waals surface area contributed by atoms with E-state index in [0.717, 1.165) is 27.2 Å². The third kappa shape index (κ3) is 3.03. The summed E-state index contributed by atoms with van der Waals surface area (Å²) in [4.78, 5) is 27.0. The fourth-order valence-corrected chi connectivity index (χ4v) is 4.80. The smallest absolute Gasteiger partial charge is 0.261 e. The highest BCUT2D eigenvalue weighted by molar-refractivity contribution is 7.20. The van der Waals surface area contributed by atoms with Gasteiger partial charge in [-0.25, -0.2) is 0 Å². The van der Waals surface area contributed by atoms with E-state index in [9.17, 15) is 9.59 Å². The van der Waals surface area contributed by atoms with E-state index < -0.39 is 0 Å². The quantitative estimate of drug-likeness (QED) is 0.901. The number of carbonyl (C=O) groups is 2. The average Bonchev–Trinajstić information content (AvgIpc) is 2.99. The Balaban J connectivity index is 1.50. The van der Waals surface area contributed by atoms with Crippen LogP contribution in [0.3, 0.4) is 0 Å². The molecule has 5 rings (SSSR count). The fourth-order valence-electron chi connectivity index (χ4n) is 3.79. The van der Waals surface area contributed by atoms with E-state index in [2.05, 4.69) is 15.5 Å². The lowest BCUT2D eigenvalue weighted by atomic mass is 9.84. The third-order valence-electron chi connectivity index (χ3n) is 5.04. The molecule has 0 unspecified atom stereocenters. The molecule has 0 aliphatic carbocycles. The molecule has 0 radical (unpaired) electrons. The van der Waals surface area contributed by atoms with Crippen molar-refractivity contribution < 1.29 is 9.59 Å². The van der Waals surface area contributed by atoms with Crippen molar-refractivity contribution in [3.63, 3.8) is 0 Å². The van der Waals surface area contributed by atoms with E-state index >= 15 is 0 Å².